The van der Waals surface area contributed by atoms with Crippen LogP contribution in [0.15, 0.2) is 0 Å². The first-order chi connectivity index (χ1) is 30.9. The van der Waals surface area contributed by atoms with Crippen molar-refractivity contribution >= 4 is 17.9 Å². The van der Waals surface area contributed by atoms with Crippen molar-refractivity contribution in [2.24, 2.45) is 5.92 Å². The molecule has 0 aliphatic carbocycles. The van der Waals surface area contributed by atoms with E-state index in [1.807, 2.05) is 0 Å². The smallest absolute Gasteiger partial charge is 0.306 e. The molecule has 0 spiro atoms. The minimum absolute atomic E-state index is 0.0628. The molecule has 0 unspecified atom stereocenters. The van der Waals surface area contributed by atoms with Crippen molar-refractivity contribution in [2.75, 3.05) is 13.2 Å². The summed E-state index contributed by atoms with van der Waals surface area (Å²) in [6.07, 6.45) is 55.3. The minimum Gasteiger partial charge on any atom is -0.462 e. The van der Waals surface area contributed by atoms with E-state index in [1.54, 1.807) is 0 Å². The molecular weight excluding hydrogens is 781 g/mol. The van der Waals surface area contributed by atoms with Crippen molar-refractivity contribution in [2.45, 2.75) is 329 Å². The fourth-order valence-corrected chi connectivity index (χ4v) is 8.75. The van der Waals surface area contributed by atoms with E-state index in [0.29, 0.717) is 19.3 Å². The number of rotatable bonds is 52. The lowest BCUT2D eigenvalue weighted by Crippen LogP contribution is -2.30. The van der Waals surface area contributed by atoms with Crippen LogP contribution in [0.25, 0.3) is 0 Å². The standard InChI is InChI=1S/C57H110O6/c1-5-7-9-11-13-15-17-19-21-22-23-24-26-28-30-32-37-41-45-49-56(59)62-52-54(63-57(60)50-46-42-38-34-33-35-39-43-47-53(3)4)51-61-55(58)48-44-40-36-31-29-27-25-20-18-16-14-12-10-8-6-2/h53-54H,5-52H2,1-4H3/t54-/m0/s1. The lowest BCUT2D eigenvalue weighted by molar-refractivity contribution is -0.167. The van der Waals surface area contributed by atoms with E-state index in [1.165, 1.54) is 218 Å². The Bertz CT molecular complexity index is 949. The topological polar surface area (TPSA) is 78.9 Å². The van der Waals surface area contributed by atoms with Gasteiger partial charge in [0, 0.05) is 19.3 Å². The molecule has 0 aromatic rings. The van der Waals surface area contributed by atoms with Gasteiger partial charge in [0.1, 0.15) is 13.2 Å². The number of unbranched alkanes of at least 4 members (excludes halogenated alkanes) is 39. The summed E-state index contributed by atoms with van der Waals surface area (Å²) in [5.74, 6) is -0.0472. The second-order valence-corrected chi connectivity index (χ2v) is 20.1. The Hall–Kier alpha value is -1.59. The molecule has 0 heterocycles. The van der Waals surface area contributed by atoms with Gasteiger partial charge < -0.3 is 14.2 Å². The third-order valence-corrected chi connectivity index (χ3v) is 13.0. The van der Waals surface area contributed by atoms with Gasteiger partial charge in [0.15, 0.2) is 6.10 Å². The molecule has 6 nitrogen and oxygen atoms in total. The molecule has 0 amide bonds. The van der Waals surface area contributed by atoms with E-state index >= 15 is 0 Å². The lowest BCUT2D eigenvalue weighted by atomic mass is 10.0. The summed E-state index contributed by atoms with van der Waals surface area (Å²) in [5.41, 5.74) is 0. The van der Waals surface area contributed by atoms with Crippen molar-refractivity contribution in [1.82, 2.24) is 0 Å². The van der Waals surface area contributed by atoms with Gasteiger partial charge in [0.05, 0.1) is 0 Å². The molecule has 0 rings (SSSR count). The van der Waals surface area contributed by atoms with Crippen molar-refractivity contribution in [3.63, 3.8) is 0 Å². The van der Waals surface area contributed by atoms with E-state index in [4.69, 9.17) is 14.2 Å². The Kier molecular flexibility index (Phi) is 50.1. The highest BCUT2D eigenvalue weighted by molar-refractivity contribution is 5.71. The van der Waals surface area contributed by atoms with Gasteiger partial charge in [-0.25, -0.2) is 0 Å². The number of hydrogen-bond donors (Lipinski definition) is 0. The minimum atomic E-state index is -0.762. The van der Waals surface area contributed by atoms with E-state index in [0.717, 1.165) is 63.7 Å². The molecule has 1 atom stereocenters. The molecule has 0 radical (unpaired) electrons. The van der Waals surface area contributed by atoms with Crippen LogP contribution < -0.4 is 0 Å². The first-order valence-electron chi connectivity index (χ1n) is 28.4. The molecule has 63 heavy (non-hydrogen) atoms. The van der Waals surface area contributed by atoms with E-state index in [9.17, 15) is 14.4 Å². The number of hydrogen-bond acceptors (Lipinski definition) is 6. The molecule has 0 aromatic carbocycles. The van der Waals surface area contributed by atoms with Gasteiger partial charge in [-0.2, -0.15) is 0 Å². The van der Waals surface area contributed by atoms with Crippen LogP contribution in [0.3, 0.4) is 0 Å². The van der Waals surface area contributed by atoms with Crippen LogP contribution in [0, 0.1) is 5.92 Å². The lowest BCUT2D eigenvalue weighted by Gasteiger charge is -2.18. The molecule has 6 heteroatoms. The summed E-state index contributed by atoms with van der Waals surface area (Å²) < 4.78 is 16.9. The molecule has 0 fully saturated rings. The van der Waals surface area contributed by atoms with E-state index in [-0.39, 0.29) is 31.1 Å². The summed E-state index contributed by atoms with van der Waals surface area (Å²) in [7, 11) is 0. The van der Waals surface area contributed by atoms with Crippen molar-refractivity contribution < 1.29 is 28.6 Å². The summed E-state index contributed by atoms with van der Waals surface area (Å²) in [5, 5.41) is 0. The third-order valence-electron chi connectivity index (χ3n) is 13.0. The monoisotopic (exact) mass is 891 g/mol. The number of esters is 3. The van der Waals surface area contributed by atoms with Gasteiger partial charge in [-0.05, 0) is 25.2 Å². The molecule has 0 saturated carbocycles. The van der Waals surface area contributed by atoms with Gasteiger partial charge in [0.2, 0.25) is 0 Å². The normalized spacial score (nSPS) is 12.0. The Balaban J connectivity index is 4.23. The predicted molar refractivity (Wildman–Crippen MR) is 270 cm³/mol. The molecule has 0 N–H and O–H groups in total. The first-order valence-corrected chi connectivity index (χ1v) is 28.4. The van der Waals surface area contributed by atoms with Crippen LogP contribution in [0.2, 0.25) is 0 Å². The molecule has 0 aliphatic heterocycles. The number of carbonyl (C=O) groups is 3. The fraction of sp³-hybridized carbons (Fsp3) is 0.947. The zero-order chi connectivity index (χ0) is 45.9. The van der Waals surface area contributed by atoms with Crippen molar-refractivity contribution in [1.29, 1.82) is 0 Å². The Labute approximate surface area is 393 Å². The fourth-order valence-electron chi connectivity index (χ4n) is 8.75. The number of ether oxygens (including phenoxy) is 3. The van der Waals surface area contributed by atoms with E-state index < -0.39 is 6.10 Å². The van der Waals surface area contributed by atoms with Gasteiger partial charge in [0.25, 0.3) is 0 Å². The SMILES string of the molecule is CCCCCCCCCCCCCCCCCCCCCC(=O)OC[C@H](COC(=O)CCCCCCCCCCCCCCCCC)OC(=O)CCCCCCCCCCC(C)C. The molecule has 0 aromatic heterocycles. The van der Waals surface area contributed by atoms with Crippen LogP contribution in [0.1, 0.15) is 323 Å². The molecule has 374 valence electrons. The second kappa shape index (κ2) is 51.4. The molecule has 0 aliphatic rings. The van der Waals surface area contributed by atoms with Crippen LogP contribution >= 0.6 is 0 Å². The molecule has 0 bridgehead atoms. The van der Waals surface area contributed by atoms with Crippen LogP contribution in [0.4, 0.5) is 0 Å². The Morgan fingerprint density at radius 3 is 0.778 bits per heavy atom. The average molecular weight is 892 g/mol. The quantitative estimate of drug-likeness (QED) is 0.0344. The maximum absolute atomic E-state index is 12.8. The maximum atomic E-state index is 12.8. The zero-order valence-electron chi connectivity index (χ0n) is 43.0. The summed E-state index contributed by atoms with van der Waals surface area (Å²) >= 11 is 0. The highest BCUT2D eigenvalue weighted by Crippen LogP contribution is 2.18. The summed E-state index contributed by atoms with van der Waals surface area (Å²) in [4.78, 5) is 38.0. The maximum Gasteiger partial charge on any atom is 0.306 e. The van der Waals surface area contributed by atoms with E-state index in [2.05, 4.69) is 27.7 Å². The van der Waals surface area contributed by atoms with Gasteiger partial charge >= 0.3 is 17.9 Å². The molecular formula is C57H110O6. The van der Waals surface area contributed by atoms with Gasteiger partial charge in [-0.15, -0.1) is 0 Å². The average Bonchev–Trinajstić information content (AvgIpc) is 3.27. The molecule has 0 saturated heterocycles. The Morgan fingerprint density at radius 2 is 0.524 bits per heavy atom. The zero-order valence-corrected chi connectivity index (χ0v) is 43.0. The highest BCUT2D eigenvalue weighted by atomic mass is 16.6. The largest absolute Gasteiger partial charge is 0.462 e. The van der Waals surface area contributed by atoms with Crippen LogP contribution in [-0.4, -0.2) is 37.2 Å². The van der Waals surface area contributed by atoms with Crippen molar-refractivity contribution in [3.05, 3.63) is 0 Å². The van der Waals surface area contributed by atoms with Gasteiger partial charge in [-0.3, -0.25) is 14.4 Å². The van der Waals surface area contributed by atoms with Crippen LogP contribution in [-0.2, 0) is 28.6 Å². The van der Waals surface area contributed by atoms with Crippen LogP contribution in [0.5, 0.6) is 0 Å². The third kappa shape index (κ3) is 51.3. The second-order valence-electron chi connectivity index (χ2n) is 20.1. The summed E-state index contributed by atoms with van der Waals surface area (Å²) in [6.45, 7) is 9.02. The van der Waals surface area contributed by atoms with Gasteiger partial charge in [-0.1, -0.05) is 285 Å². The number of carbonyl (C=O) groups excluding carboxylic acids is 3. The first kappa shape index (κ1) is 61.4. The van der Waals surface area contributed by atoms with Crippen molar-refractivity contribution in [3.8, 4) is 0 Å². The predicted octanol–water partition coefficient (Wildman–Crippen LogP) is 18.6. The summed E-state index contributed by atoms with van der Waals surface area (Å²) in [6, 6.07) is 0. The highest BCUT2D eigenvalue weighted by Gasteiger charge is 2.19. The Morgan fingerprint density at radius 1 is 0.302 bits per heavy atom.